The second-order valence-electron chi connectivity index (χ2n) is 5.66. The van der Waals surface area contributed by atoms with Gasteiger partial charge in [0, 0.05) is 30.4 Å². The smallest absolute Gasteiger partial charge is 0.123 e. The zero-order valence-electron chi connectivity index (χ0n) is 12.4. The van der Waals surface area contributed by atoms with Crippen molar-refractivity contribution in [1.82, 2.24) is 4.90 Å². The number of phenolic OH excluding ortho intramolecular Hbond substituents is 1. The Morgan fingerprint density at radius 3 is 2.58 bits per heavy atom. The number of hydrogen-bond donors (Lipinski definition) is 2. The van der Waals surface area contributed by atoms with Crippen molar-refractivity contribution >= 4 is 5.69 Å². The maximum absolute atomic E-state index is 9.98. The monoisotopic (exact) mass is 262 g/mol. The molecule has 0 aliphatic carbocycles. The van der Waals surface area contributed by atoms with Crippen LogP contribution in [0.1, 0.15) is 37.3 Å². The number of anilines is 1. The summed E-state index contributed by atoms with van der Waals surface area (Å²) in [6.45, 7) is 9.75. The summed E-state index contributed by atoms with van der Waals surface area (Å²) >= 11 is 0. The van der Waals surface area contributed by atoms with Crippen molar-refractivity contribution in [1.29, 1.82) is 0 Å². The third-order valence-electron chi connectivity index (χ3n) is 4.12. The van der Waals surface area contributed by atoms with E-state index in [0.717, 1.165) is 16.8 Å². The fourth-order valence-electron chi connectivity index (χ4n) is 2.83. The Morgan fingerprint density at radius 1 is 1.26 bits per heavy atom. The normalized spacial score (nSPS) is 17.6. The van der Waals surface area contributed by atoms with Gasteiger partial charge in [0.2, 0.25) is 0 Å². The maximum atomic E-state index is 9.98. The summed E-state index contributed by atoms with van der Waals surface area (Å²) in [4.78, 5) is 2.54. The molecule has 2 rings (SSSR count). The summed E-state index contributed by atoms with van der Waals surface area (Å²) in [5, 5.41) is 13.6. The molecule has 0 saturated carbocycles. The van der Waals surface area contributed by atoms with Crippen LogP contribution in [-0.4, -0.2) is 35.7 Å². The van der Waals surface area contributed by atoms with Crippen molar-refractivity contribution in [2.24, 2.45) is 0 Å². The Labute approximate surface area is 116 Å². The summed E-state index contributed by atoms with van der Waals surface area (Å²) < 4.78 is 0. The second kappa shape index (κ2) is 6.29. The molecule has 0 aromatic heterocycles. The van der Waals surface area contributed by atoms with E-state index in [1.54, 1.807) is 0 Å². The van der Waals surface area contributed by atoms with E-state index in [-0.39, 0.29) is 0 Å². The SMILES string of the molecule is CCCN1CCC(Nc2ccc(C)c(O)c2C)CC1. The molecule has 0 bridgehead atoms. The van der Waals surface area contributed by atoms with Crippen LogP contribution >= 0.6 is 0 Å². The molecule has 1 aliphatic heterocycles. The zero-order chi connectivity index (χ0) is 13.8. The van der Waals surface area contributed by atoms with Crippen LogP contribution in [0.5, 0.6) is 5.75 Å². The molecule has 0 spiro atoms. The number of nitrogens with zero attached hydrogens (tertiary/aromatic N) is 1. The Balaban J connectivity index is 1.94. The number of piperidine rings is 1. The molecule has 1 aromatic rings. The molecule has 19 heavy (non-hydrogen) atoms. The number of benzene rings is 1. The minimum Gasteiger partial charge on any atom is -0.507 e. The average Bonchev–Trinajstić information content (AvgIpc) is 2.42. The Kier molecular flexibility index (Phi) is 4.70. The van der Waals surface area contributed by atoms with Gasteiger partial charge in [-0.3, -0.25) is 0 Å². The van der Waals surface area contributed by atoms with E-state index in [4.69, 9.17) is 0 Å². The summed E-state index contributed by atoms with van der Waals surface area (Å²) in [6.07, 6.45) is 3.62. The average molecular weight is 262 g/mol. The molecule has 2 N–H and O–H groups in total. The number of nitrogens with one attached hydrogen (secondary N) is 1. The van der Waals surface area contributed by atoms with Gasteiger partial charge >= 0.3 is 0 Å². The van der Waals surface area contributed by atoms with Gasteiger partial charge in [0.1, 0.15) is 5.75 Å². The van der Waals surface area contributed by atoms with E-state index in [1.807, 2.05) is 19.9 Å². The lowest BCUT2D eigenvalue weighted by Crippen LogP contribution is -2.39. The third-order valence-corrected chi connectivity index (χ3v) is 4.12. The zero-order valence-corrected chi connectivity index (χ0v) is 12.4. The highest BCUT2D eigenvalue weighted by Crippen LogP contribution is 2.29. The van der Waals surface area contributed by atoms with Crippen LogP contribution in [0.3, 0.4) is 0 Å². The van der Waals surface area contributed by atoms with Crippen molar-refractivity contribution in [3.05, 3.63) is 23.3 Å². The first-order valence-electron chi connectivity index (χ1n) is 7.40. The van der Waals surface area contributed by atoms with E-state index in [0.29, 0.717) is 11.8 Å². The number of phenols is 1. The predicted molar refractivity (Wildman–Crippen MR) is 81.0 cm³/mol. The number of rotatable bonds is 4. The highest BCUT2D eigenvalue weighted by Gasteiger charge is 2.19. The highest BCUT2D eigenvalue weighted by atomic mass is 16.3. The molecule has 0 amide bonds. The lowest BCUT2D eigenvalue weighted by Gasteiger charge is -2.33. The predicted octanol–water partition coefficient (Wildman–Crippen LogP) is 3.30. The van der Waals surface area contributed by atoms with E-state index < -0.39 is 0 Å². The minimum absolute atomic E-state index is 0.424. The van der Waals surface area contributed by atoms with Gasteiger partial charge in [-0.05, 0) is 51.3 Å². The van der Waals surface area contributed by atoms with Crippen LogP contribution in [0.2, 0.25) is 0 Å². The molecular formula is C16H26N2O. The van der Waals surface area contributed by atoms with Crippen LogP contribution in [0.25, 0.3) is 0 Å². The second-order valence-corrected chi connectivity index (χ2v) is 5.66. The van der Waals surface area contributed by atoms with Crippen molar-refractivity contribution < 1.29 is 5.11 Å². The van der Waals surface area contributed by atoms with Gasteiger partial charge in [0.15, 0.2) is 0 Å². The minimum atomic E-state index is 0.424. The molecule has 1 aromatic carbocycles. The molecule has 0 unspecified atom stereocenters. The van der Waals surface area contributed by atoms with Crippen LogP contribution in [0.4, 0.5) is 5.69 Å². The van der Waals surface area contributed by atoms with Crippen molar-refractivity contribution in [3.63, 3.8) is 0 Å². The molecule has 1 saturated heterocycles. The van der Waals surface area contributed by atoms with Crippen molar-refractivity contribution in [3.8, 4) is 5.75 Å². The quantitative estimate of drug-likeness (QED) is 0.874. The van der Waals surface area contributed by atoms with Gasteiger partial charge < -0.3 is 15.3 Å². The Morgan fingerprint density at radius 2 is 1.95 bits per heavy atom. The summed E-state index contributed by atoms with van der Waals surface area (Å²) in [6, 6.07) is 4.61. The summed E-state index contributed by atoms with van der Waals surface area (Å²) in [5.41, 5.74) is 2.99. The van der Waals surface area contributed by atoms with Crippen molar-refractivity contribution in [2.75, 3.05) is 25.0 Å². The van der Waals surface area contributed by atoms with Gasteiger partial charge in [0.25, 0.3) is 0 Å². The third kappa shape index (κ3) is 3.41. The number of hydrogen-bond acceptors (Lipinski definition) is 3. The Hall–Kier alpha value is -1.22. The number of aryl methyl sites for hydroxylation is 1. The molecule has 1 heterocycles. The molecular weight excluding hydrogens is 236 g/mol. The fourth-order valence-corrected chi connectivity index (χ4v) is 2.83. The van der Waals surface area contributed by atoms with E-state index in [1.165, 1.54) is 38.9 Å². The number of likely N-dealkylation sites (tertiary alicyclic amines) is 1. The molecule has 0 radical (unpaired) electrons. The van der Waals surface area contributed by atoms with Gasteiger partial charge in [-0.2, -0.15) is 0 Å². The molecule has 1 fully saturated rings. The topological polar surface area (TPSA) is 35.5 Å². The van der Waals surface area contributed by atoms with Crippen molar-refractivity contribution in [2.45, 2.75) is 46.1 Å². The molecule has 1 aliphatic rings. The maximum Gasteiger partial charge on any atom is 0.123 e. The van der Waals surface area contributed by atoms with Gasteiger partial charge in [-0.1, -0.05) is 13.0 Å². The molecule has 3 heteroatoms. The van der Waals surface area contributed by atoms with Gasteiger partial charge in [0.05, 0.1) is 0 Å². The first-order chi connectivity index (χ1) is 9.11. The number of aromatic hydroxyl groups is 1. The lowest BCUT2D eigenvalue weighted by atomic mass is 10.0. The molecule has 0 atom stereocenters. The van der Waals surface area contributed by atoms with Crippen LogP contribution in [-0.2, 0) is 0 Å². The first kappa shape index (κ1) is 14.2. The summed E-state index contributed by atoms with van der Waals surface area (Å²) in [7, 11) is 0. The van der Waals surface area contributed by atoms with Gasteiger partial charge in [-0.25, -0.2) is 0 Å². The summed E-state index contributed by atoms with van der Waals surface area (Å²) in [5.74, 6) is 0.424. The first-order valence-corrected chi connectivity index (χ1v) is 7.40. The van der Waals surface area contributed by atoms with E-state index in [9.17, 15) is 5.11 Å². The fraction of sp³-hybridized carbons (Fsp3) is 0.625. The van der Waals surface area contributed by atoms with E-state index in [2.05, 4.69) is 23.2 Å². The van der Waals surface area contributed by atoms with E-state index >= 15 is 0 Å². The Bertz CT molecular complexity index is 423. The van der Waals surface area contributed by atoms with Crippen LogP contribution < -0.4 is 5.32 Å². The molecule has 106 valence electrons. The molecule has 3 nitrogen and oxygen atoms in total. The van der Waals surface area contributed by atoms with Gasteiger partial charge in [-0.15, -0.1) is 0 Å². The lowest BCUT2D eigenvalue weighted by molar-refractivity contribution is 0.219. The van der Waals surface area contributed by atoms with Crippen LogP contribution in [0, 0.1) is 13.8 Å². The standard InChI is InChI=1S/C16H26N2O/c1-4-9-18-10-7-14(8-11-18)17-15-6-5-12(2)16(19)13(15)3/h5-6,14,17,19H,4,7-11H2,1-3H3. The van der Waals surface area contributed by atoms with Crippen LogP contribution in [0.15, 0.2) is 12.1 Å². The largest absolute Gasteiger partial charge is 0.507 e. The highest BCUT2D eigenvalue weighted by molar-refractivity contribution is 5.59.